The number of aromatic nitrogens is 2. The average Bonchev–Trinajstić information content (AvgIpc) is 2.60. The number of likely N-dealkylation sites (N-methyl/N-ethyl adjacent to an activating group) is 1. The van der Waals surface area contributed by atoms with E-state index in [1.54, 1.807) is 12.4 Å². The number of nitrogens with zero attached hydrogens (tertiary/aromatic N) is 3. The summed E-state index contributed by atoms with van der Waals surface area (Å²) in [5.74, 6) is 1.15. The van der Waals surface area contributed by atoms with Crippen molar-refractivity contribution in [2.75, 3.05) is 32.1 Å². The number of ether oxygens (including phenoxy) is 2. The van der Waals surface area contributed by atoms with Crippen LogP contribution < -0.4 is 10.1 Å². The van der Waals surface area contributed by atoms with Gasteiger partial charge in [-0.1, -0.05) is 23.7 Å². The molecule has 134 valence electrons. The summed E-state index contributed by atoms with van der Waals surface area (Å²) < 4.78 is 11.6. The number of halogens is 1. The highest BCUT2D eigenvalue weighted by Gasteiger charge is 2.23. The molecule has 1 aliphatic heterocycles. The molecule has 0 amide bonds. The molecular weight excluding hydrogens is 340 g/mol. The summed E-state index contributed by atoms with van der Waals surface area (Å²) in [5.41, 5.74) is 0.986. The Morgan fingerprint density at radius 1 is 1.44 bits per heavy atom. The van der Waals surface area contributed by atoms with Crippen LogP contribution in [0, 0.1) is 0 Å². The molecule has 0 saturated carbocycles. The molecule has 3 rings (SSSR count). The van der Waals surface area contributed by atoms with Gasteiger partial charge in [0.15, 0.2) is 0 Å². The van der Waals surface area contributed by atoms with E-state index in [0.29, 0.717) is 23.3 Å². The van der Waals surface area contributed by atoms with Crippen molar-refractivity contribution in [3.8, 4) is 5.88 Å². The number of hydrogen-bond acceptors (Lipinski definition) is 6. The van der Waals surface area contributed by atoms with Crippen LogP contribution in [-0.2, 0) is 11.3 Å². The first-order valence-electron chi connectivity index (χ1n) is 8.36. The predicted octanol–water partition coefficient (Wildman–Crippen LogP) is 2.84. The number of hydrogen-bond donors (Lipinski definition) is 1. The Balaban J connectivity index is 1.57. The van der Waals surface area contributed by atoms with Crippen LogP contribution >= 0.6 is 11.6 Å². The van der Waals surface area contributed by atoms with E-state index in [0.717, 1.165) is 25.3 Å². The maximum Gasteiger partial charge on any atom is 0.234 e. The maximum absolute atomic E-state index is 5.98. The standard InChI is InChI=1S/C18H23ClN4O2/c1-13(16-11-23(2)6-7-24-16)21-17-9-20-10-18(22-17)25-12-14-4-3-5-15(19)8-14/h3-5,8-10,13,16H,6-7,11-12H2,1-2H3,(H,21,22). The molecule has 1 aliphatic rings. The summed E-state index contributed by atoms with van der Waals surface area (Å²) in [4.78, 5) is 10.9. The number of rotatable bonds is 6. The van der Waals surface area contributed by atoms with Gasteiger partial charge in [-0.05, 0) is 31.7 Å². The third-order valence-corrected chi connectivity index (χ3v) is 4.35. The van der Waals surface area contributed by atoms with E-state index < -0.39 is 0 Å². The highest BCUT2D eigenvalue weighted by molar-refractivity contribution is 6.30. The van der Waals surface area contributed by atoms with Crippen LogP contribution in [0.3, 0.4) is 0 Å². The van der Waals surface area contributed by atoms with Gasteiger partial charge in [0.25, 0.3) is 0 Å². The second-order valence-corrected chi connectivity index (χ2v) is 6.70. The Labute approximate surface area is 153 Å². The molecule has 2 heterocycles. The first kappa shape index (κ1) is 17.9. The molecule has 1 fully saturated rings. The number of benzene rings is 1. The molecule has 0 radical (unpaired) electrons. The lowest BCUT2D eigenvalue weighted by Crippen LogP contribution is -2.47. The Morgan fingerprint density at radius 3 is 3.12 bits per heavy atom. The van der Waals surface area contributed by atoms with Gasteiger partial charge < -0.3 is 19.7 Å². The second kappa shape index (κ2) is 8.47. The minimum Gasteiger partial charge on any atom is -0.472 e. The molecule has 6 nitrogen and oxygen atoms in total. The van der Waals surface area contributed by atoms with Crippen molar-refractivity contribution < 1.29 is 9.47 Å². The summed E-state index contributed by atoms with van der Waals surface area (Å²) >= 11 is 5.98. The first-order chi connectivity index (χ1) is 12.1. The van der Waals surface area contributed by atoms with Crippen LogP contribution in [0.25, 0.3) is 0 Å². The zero-order chi connectivity index (χ0) is 17.6. The highest BCUT2D eigenvalue weighted by Crippen LogP contribution is 2.16. The maximum atomic E-state index is 5.98. The Hall–Kier alpha value is -1.89. The third-order valence-electron chi connectivity index (χ3n) is 4.12. The van der Waals surface area contributed by atoms with Crippen molar-refractivity contribution in [2.45, 2.75) is 25.7 Å². The van der Waals surface area contributed by atoms with Gasteiger partial charge in [-0.15, -0.1) is 0 Å². The molecule has 1 N–H and O–H groups in total. The van der Waals surface area contributed by atoms with E-state index in [-0.39, 0.29) is 12.1 Å². The topological polar surface area (TPSA) is 59.5 Å². The normalized spacial score (nSPS) is 19.4. The largest absolute Gasteiger partial charge is 0.472 e. The van der Waals surface area contributed by atoms with Crippen molar-refractivity contribution in [3.63, 3.8) is 0 Å². The molecule has 25 heavy (non-hydrogen) atoms. The van der Waals surface area contributed by atoms with Gasteiger partial charge in [0.2, 0.25) is 5.88 Å². The molecule has 1 saturated heterocycles. The van der Waals surface area contributed by atoms with Crippen LogP contribution in [0.5, 0.6) is 5.88 Å². The van der Waals surface area contributed by atoms with Crippen molar-refractivity contribution in [1.29, 1.82) is 0 Å². The molecule has 1 aromatic heterocycles. The summed E-state index contributed by atoms with van der Waals surface area (Å²) in [6, 6.07) is 7.69. The van der Waals surface area contributed by atoms with Crippen molar-refractivity contribution in [3.05, 3.63) is 47.2 Å². The fourth-order valence-electron chi connectivity index (χ4n) is 2.71. The van der Waals surface area contributed by atoms with E-state index in [4.69, 9.17) is 21.1 Å². The summed E-state index contributed by atoms with van der Waals surface area (Å²) in [6.07, 6.45) is 3.41. The first-order valence-corrected chi connectivity index (χ1v) is 8.74. The minimum absolute atomic E-state index is 0.122. The summed E-state index contributed by atoms with van der Waals surface area (Å²) in [7, 11) is 2.10. The number of nitrogens with one attached hydrogen (secondary N) is 1. The van der Waals surface area contributed by atoms with Gasteiger partial charge in [0.1, 0.15) is 12.4 Å². The van der Waals surface area contributed by atoms with Crippen molar-refractivity contribution >= 4 is 17.4 Å². The van der Waals surface area contributed by atoms with E-state index in [1.807, 2.05) is 24.3 Å². The second-order valence-electron chi connectivity index (χ2n) is 6.27. The molecule has 0 aliphatic carbocycles. The van der Waals surface area contributed by atoms with Gasteiger partial charge in [-0.3, -0.25) is 4.98 Å². The Bertz CT molecular complexity index is 700. The third kappa shape index (κ3) is 5.29. The summed E-state index contributed by atoms with van der Waals surface area (Å²) in [6.45, 7) is 5.10. The molecule has 7 heteroatoms. The van der Waals surface area contributed by atoms with Crippen LogP contribution in [0.15, 0.2) is 36.7 Å². The number of morpholine rings is 1. The summed E-state index contributed by atoms with van der Waals surface area (Å²) in [5, 5.41) is 4.04. The molecule has 0 spiro atoms. The fourth-order valence-corrected chi connectivity index (χ4v) is 2.92. The molecule has 2 unspecified atom stereocenters. The number of anilines is 1. The molecule has 2 atom stereocenters. The van der Waals surface area contributed by atoms with Gasteiger partial charge in [-0.25, -0.2) is 0 Å². The predicted molar refractivity (Wildman–Crippen MR) is 98.1 cm³/mol. The van der Waals surface area contributed by atoms with Crippen LogP contribution in [0.2, 0.25) is 5.02 Å². The van der Waals surface area contributed by atoms with Gasteiger partial charge in [0.05, 0.1) is 31.1 Å². The minimum atomic E-state index is 0.122. The quantitative estimate of drug-likeness (QED) is 0.852. The van der Waals surface area contributed by atoms with Gasteiger partial charge in [-0.2, -0.15) is 4.98 Å². The lowest BCUT2D eigenvalue weighted by Gasteiger charge is -2.34. The Morgan fingerprint density at radius 2 is 2.32 bits per heavy atom. The lowest BCUT2D eigenvalue weighted by atomic mass is 10.1. The van der Waals surface area contributed by atoms with Gasteiger partial charge in [0, 0.05) is 18.1 Å². The molecule has 1 aromatic carbocycles. The molecular formula is C18H23ClN4O2. The lowest BCUT2D eigenvalue weighted by molar-refractivity contribution is -0.0260. The molecule has 2 aromatic rings. The fraction of sp³-hybridized carbons (Fsp3) is 0.444. The van der Waals surface area contributed by atoms with Crippen LogP contribution in [0.4, 0.5) is 5.82 Å². The smallest absolute Gasteiger partial charge is 0.234 e. The van der Waals surface area contributed by atoms with E-state index in [1.165, 1.54) is 0 Å². The van der Waals surface area contributed by atoms with Crippen molar-refractivity contribution in [2.24, 2.45) is 0 Å². The average molecular weight is 363 g/mol. The van der Waals surface area contributed by atoms with Crippen LogP contribution in [0.1, 0.15) is 12.5 Å². The zero-order valence-electron chi connectivity index (χ0n) is 14.5. The monoisotopic (exact) mass is 362 g/mol. The van der Waals surface area contributed by atoms with E-state index in [9.17, 15) is 0 Å². The van der Waals surface area contributed by atoms with Crippen LogP contribution in [-0.4, -0.2) is 53.8 Å². The van der Waals surface area contributed by atoms with E-state index >= 15 is 0 Å². The van der Waals surface area contributed by atoms with Gasteiger partial charge >= 0.3 is 0 Å². The molecule has 0 bridgehead atoms. The van der Waals surface area contributed by atoms with E-state index in [2.05, 4.69) is 34.2 Å². The Kier molecular flexibility index (Phi) is 6.07. The van der Waals surface area contributed by atoms with Crippen molar-refractivity contribution in [1.82, 2.24) is 14.9 Å². The zero-order valence-corrected chi connectivity index (χ0v) is 15.2. The SMILES string of the molecule is CC(Nc1cncc(OCc2cccc(Cl)c2)n1)C1CN(C)CCO1. The highest BCUT2D eigenvalue weighted by atomic mass is 35.5.